The van der Waals surface area contributed by atoms with E-state index >= 15 is 0 Å². The molecule has 0 fully saturated rings. The predicted molar refractivity (Wildman–Crippen MR) is 106 cm³/mol. The van der Waals surface area contributed by atoms with Gasteiger partial charge in [-0.25, -0.2) is 4.68 Å². The molecule has 2 heterocycles. The number of amides is 1. The number of aryl methyl sites for hydroxylation is 1. The van der Waals surface area contributed by atoms with E-state index in [0.717, 1.165) is 33.8 Å². The van der Waals surface area contributed by atoms with Crippen molar-refractivity contribution < 1.29 is 14.3 Å². The number of rotatable bonds is 5. The zero-order chi connectivity index (χ0) is 19.7. The molecule has 1 aliphatic heterocycles. The Morgan fingerprint density at radius 2 is 1.96 bits per heavy atom. The summed E-state index contributed by atoms with van der Waals surface area (Å²) in [5.41, 5.74) is 5.11. The Morgan fingerprint density at radius 1 is 1.18 bits per heavy atom. The number of hydrogen-bond donors (Lipinski definition) is 1. The lowest BCUT2D eigenvalue weighted by molar-refractivity contribution is -0.121. The fraction of sp³-hybridized carbons (Fsp3) is 0.273. The minimum absolute atomic E-state index is 0.0468. The summed E-state index contributed by atoms with van der Waals surface area (Å²) in [6.07, 6.45) is 2.11. The second-order valence-corrected chi connectivity index (χ2v) is 7.04. The Hall–Kier alpha value is -3.28. The van der Waals surface area contributed by atoms with Crippen molar-refractivity contribution in [3.05, 3.63) is 71.0 Å². The second-order valence-electron chi connectivity index (χ2n) is 7.04. The van der Waals surface area contributed by atoms with E-state index in [1.807, 2.05) is 61.1 Å². The quantitative estimate of drug-likeness (QED) is 0.737. The highest BCUT2D eigenvalue weighted by Crippen LogP contribution is 2.32. The van der Waals surface area contributed by atoms with Crippen molar-refractivity contribution >= 4 is 5.91 Å². The van der Waals surface area contributed by atoms with Gasteiger partial charge in [0.2, 0.25) is 12.7 Å². The Labute approximate surface area is 164 Å². The number of nitrogens with zero attached hydrogens (tertiary/aromatic N) is 2. The van der Waals surface area contributed by atoms with Gasteiger partial charge < -0.3 is 14.8 Å². The van der Waals surface area contributed by atoms with E-state index in [2.05, 4.69) is 23.4 Å². The molecule has 1 N–H and O–H groups in total. The van der Waals surface area contributed by atoms with E-state index in [1.54, 1.807) is 0 Å². The number of carbonyl (C=O) groups is 1. The van der Waals surface area contributed by atoms with Crippen LogP contribution in [0.15, 0.2) is 48.7 Å². The zero-order valence-electron chi connectivity index (χ0n) is 16.2. The summed E-state index contributed by atoms with van der Waals surface area (Å²) < 4.78 is 12.6. The van der Waals surface area contributed by atoms with Crippen LogP contribution in [0.3, 0.4) is 0 Å². The molecule has 1 unspecified atom stereocenters. The third kappa shape index (κ3) is 3.45. The Morgan fingerprint density at radius 3 is 2.79 bits per heavy atom. The predicted octanol–water partition coefficient (Wildman–Crippen LogP) is 3.64. The fourth-order valence-electron chi connectivity index (χ4n) is 3.50. The van der Waals surface area contributed by atoms with Gasteiger partial charge in [-0.05, 0) is 50.1 Å². The van der Waals surface area contributed by atoms with Crippen LogP contribution in [0.2, 0.25) is 0 Å². The van der Waals surface area contributed by atoms with Crippen molar-refractivity contribution in [1.82, 2.24) is 15.1 Å². The number of benzene rings is 2. The number of para-hydroxylation sites is 1. The van der Waals surface area contributed by atoms with E-state index in [9.17, 15) is 4.79 Å². The van der Waals surface area contributed by atoms with Gasteiger partial charge in [-0.1, -0.05) is 24.3 Å². The van der Waals surface area contributed by atoms with Crippen molar-refractivity contribution in [1.29, 1.82) is 0 Å². The molecular formula is C22H23N3O3. The lowest BCUT2D eigenvalue weighted by Gasteiger charge is -2.15. The average Bonchev–Trinajstić information content (AvgIpc) is 3.28. The smallest absolute Gasteiger partial charge is 0.231 e. The molecule has 1 aliphatic rings. The third-order valence-electron chi connectivity index (χ3n) is 5.04. The topological polar surface area (TPSA) is 65.4 Å². The standard InChI is InChI=1S/C22H23N3O3/c1-14-6-4-5-7-19(14)25-16(3)18(12-23-25)15(2)24-22(26)11-17-8-9-20-21(10-17)28-13-27-20/h4-10,12,15H,11,13H2,1-3H3,(H,24,26). The van der Waals surface area contributed by atoms with Gasteiger partial charge in [0, 0.05) is 11.3 Å². The first kappa shape index (κ1) is 18.1. The molecule has 2 aromatic carbocycles. The Balaban J connectivity index is 1.46. The molecule has 28 heavy (non-hydrogen) atoms. The molecule has 0 saturated carbocycles. The van der Waals surface area contributed by atoms with Crippen LogP contribution in [0, 0.1) is 13.8 Å². The fourth-order valence-corrected chi connectivity index (χ4v) is 3.50. The van der Waals surface area contributed by atoms with Crippen LogP contribution in [0.25, 0.3) is 5.69 Å². The summed E-state index contributed by atoms with van der Waals surface area (Å²) in [6.45, 7) is 6.29. The summed E-state index contributed by atoms with van der Waals surface area (Å²) in [5, 5.41) is 7.60. The van der Waals surface area contributed by atoms with Crippen LogP contribution in [0.4, 0.5) is 0 Å². The summed E-state index contributed by atoms with van der Waals surface area (Å²) in [4.78, 5) is 12.5. The summed E-state index contributed by atoms with van der Waals surface area (Å²) in [6, 6.07) is 13.6. The zero-order valence-corrected chi connectivity index (χ0v) is 16.2. The third-order valence-corrected chi connectivity index (χ3v) is 5.04. The van der Waals surface area contributed by atoms with Crippen LogP contribution in [0.5, 0.6) is 11.5 Å². The maximum Gasteiger partial charge on any atom is 0.231 e. The van der Waals surface area contributed by atoms with Crippen molar-refractivity contribution in [3.8, 4) is 17.2 Å². The van der Waals surface area contributed by atoms with Gasteiger partial charge in [-0.15, -0.1) is 0 Å². The van der Waals surface area contributed by atoms with Gasteiger partial charge in [0.05, 0.1) is 24.3 Å². The highest BCUT2D eigenvalue weighted by atomic mass is 16.7. The van der Waals surface area contributed by atoms with Gasteiger partial charge in [0.15, 0.2) is 11.5 Å². The highest BCUT2D eigenvalue weighted by Gasteiger charge is 2.18. The molecule has 1 aromatic heterocycles. The van der Waals surface area contributed by atoms with E-state index in [-0.39, 0.29) is 25.2 Å². The first-order valence-corrected chi connectivity index (χ1v) is 9.31. The number of ether oxygens (including phenoxy) is 2. The molecule has 0 radical (unpaired) electrons. The van der Waals surface area contributed by atoms with Gasteiger partial charge in [-0.3, -0.25) is 4.79 Å². The van der Waals surface area contributed by atoms with E-state index < -0.39 is 0 Å². The Kier molecular flexibility index (Phi) is 4.77. The van der Waals surface area contributed by atoms with Crippen LogP contribution in [-0.2, 0) is 11.2 Å². The van der Waals surface area contributed by atoms with Gasteiger partial charge in [0.1, 0.15) is 0 Å². The SMILES string of the molecule is Cc1ccccc1-n1ncc(C(C)NC(=O)Cc2ccc3c(c2)OCO3)c1C. The minimum Gasteiger partial charge on any atom is -0.454 e. The summed E-state index contributed by atoms with van der Waals surface area (Å²) >= 11 is 0. The van der Waals surface area contributed by atoms with Crippen LogP contribution in [0.1, 0.15) is 35.3 Å². The summed E-state index contributed by atoms with van der Waals surface area (Å²) in [7, 11) is 0. The van der Waals surface area contributed by atoms with E-state index in [4.69, 9.17) is 9.47 Å². The highest BCUT2D eigenvalue weighted by molar-refractivity contribution is 5.79. The molecule has 0 bridgehead atoms. The molecule has 0 aliphatic carbocycles. The largest absolute Gasteiger partial charge is 0.454 e. The van der Waals surface area contributed by atoms with Crippen LogP contribution >= 0.6 is 0 Å². The molecule has 0 saturated heterocycles. The molecule has 3 aromatic rings. The molecule has 1 atom stereocenters. The lowest BCUT2D eigenvalue weighted by Crippen LogP contribution is -2.28. The second kappa shape index (κ2) is 7.38. The maximum atomic E-state index is 12.5. The molecule has 144 valence electrons. The number of hydrogen-bond acceptors (Lipinski definition) is 4. The molecular weight excluding hydrogens is 354 g/mol. The Bertz CT molecular complexity index is 1030. The molecule has 1 amide bonds. The van der Waals surface area contributed by atoms with E-state index in [1.165, 1.54) is 0 Å². The number of carbonyl (C=O) groups excluding carboxylic acids is 1. The van der Waals surface area contributed by atoms with Crippen molar-refractivity contribution in [2.24, 2.45) is 0 Å². The minimum atomic E-state index is -0.140. The van der Waals surface area contributed by atoms with Crippen LogP contribution in [-0.4, -0.2) is 22.5 Å². The monoisotopic (exact) mass is 377 g/mol. The number of aromatic nitrogens is 2. The normalized spacial score (nSPS) is 13.4. The first-order valence-electron chi connectivity index (χ1n) is 9.31. The maximum absolute atomic E-state index is 12.5. The van der Waals surface area contributed by atoms with E-state index in [0.29, 0.717) is 5.75 Å². The number of fused-ring (bicyclic) bond motifs is 1. The average molecular weight is 377 g/mol. The van der Waals surface area contributed by atoms with Gasteiger partial charge in [0.25, 0.3) is 0 Å². The number of nitrogens with one attached hydrogen (secondary N) is 1. The first-order chi connectivity index (χ1) is 13.5. The molecule has 0 spiro atoms. The van der Waals surface area contributed by atoms with Crippen molar-refractivity contribution in [3.63, 3.8) is 0 Å². The van der Waals surface area contributed by atoms with Gasteiger partial charge in [-0.2, -0.15) is 5.10 Å². The van der Waals surface area contributed by atoms with Gasteiger partial charge >= 0.3 is 0 Å². The van der Waals surface area contributed by atoms with Crippen LogP contribution < -0.4 is 14.8 Å². The van der Waals surface area contributed by atoms with Crippen molar-refractivity contribution in [2.45, 2.75) is 33.2 Å². The molecule has 6 nitrogen and oxygen atoms in total. The molecule has 4 rings (SSSR count). The lowest BCUT2D eigenvalue weighted by atomic mass is 10.1. The van der Waals surface area contributed by atoms with Crippen molar-refractivity contribution in [2.75, 3.05) is 6.79 Å². The summed E-state index contributed by atoms with van der Waals surface area (Å²) in [5.74, 6) is 1.36. The molecule has 6 heteroatoms.